The van der Waals surface area contributed by atoms with E-state index in [9.17, 15) is 13.3 Å². The summed E-state index contributed by atoms with van der Waals surface area (Å²) < 4.78 is 44.8. The van der Waals surface area contributed by atoms with Crippen LogP contribution in [-0.2, 0) is 11.4 Å². The first-order chi connectivity index (χ1) is 18.8. The van der Waals surface area contributed by atoms with E-state index in [-0.39, 0.29) is 5.69 Å². The first kappa shape index (κ1) is 26.8. The van der Waals surface area contributed by atoms with Gasteiger partial charge in [0.05, 0.1) is 35.5 Å². The minimum absolute atomic E-state index is 0.0477. The summed E-state index contributed by atoms with van der Waals surface area (Å²) in [5.41, 5.74) is 4.46. The van der Waals surface area contributed by atoms with Crippen molar-refractivity contribution in [3.8, 4) is 11.3 Å². The number of allylic oxidation sites excluding steroid dienone is 4. The number of benzene rings is 1. The number of rotatable bonds is 7. The van der Waals surface area contributed by atoms with Crippen molar-refractivity contribution < 1.29 is 13.3 Å². The average molecular weight is 550 g/mol. The Kier molecular flexibility index (Phi) is 7.92. The Labute approximate surface area is 229 Å². The van der Waals surface area contributed by atoms with Crippen LogP contribution in [0.1, 0.15) is 30.0 Å². The summed E-state index contributed by atoms with van der Waals surface area (Å²) in [4.78, 5) is 6.24. The van der Waals surface area contributed by atoms with Gasteiger partial charge in [0.2, 0.25) is 0 Å². The van der Waals surface area contributed by atoms with Crippen LogP contribution < -0.4 is 10.0 Å². The van der Waals surface area contributed by atoms with Gasteiger partial charge in [0.1, 0.15) is 17.8 Å². The zero-order valence-corrected chi connectivity index (χ0v) is 22.4. The van der Waals surface area contributed by atoms with Crippen molar-refractivity contribution in [2.75, 3.05) is 31.1 Å². The quantitative estimate of drug-likeness (QED) is 0.290. The number of anilines is 1. The second kappa shape index (κ2) is 11.5. The third kappa shape index (κ3) is 6.11. The Hall–Kier alpha value is -3.80. The van der Waals surface area contributed by atoms with Gasteiger partial charge in [0.25, 0.3) is 0 Å². The van der Waals surface area contributed by atoms with Crippen molar-refractivity contribution in [3.63, 3.8) is 0 Å². The Bertz CT molecular complexity index is 1470. The van der Waals surface area contributed by atoms with Gasteiger partial charge in [-0.3, -0.25) is 9.67 Å². The van der Waals surface area contributed by atoms with Crippen LogP contribution in [0.2, 0.25) is 0 Å². The predicted molar refractivity (Wildman–Crippen MR) is 151 cm³/mol. The lowest BCUT2D eigenvalue weighted by molar-refractivity contribution is 0.212. The van der Waals surface area contributed by atoms with Gasteiger partial charge in [-0.05, 0) is 62.8 Å². The summed E-state index contributed by atoms with van der Waals surface area (Å²) in [6.45, 7) is 2.11. The lowest BCUT2D eigenvalue weighted by Gasteiger charge is -2.29. The Balaban J connectivity index is 1.43. The molecule has 2 aliphatic rings. The van der Waals surface area contributed by atoms with Crippen LogP contribution in [0.25, 0.3) is 22.4 Å². The fourth-order valence-electron chi connectivity index (χ4n) is 4.81. The maximum Gasteiger partial charge on any atom is 0.152 e. The molecule has 202 valence electrons. The Morgan fingerprint density at radius 2 is 1.95 bits per heavy atom. The number of hydrogen-bond acceptors (Lipinski definition) is 7. The number of hydrogen-bond donors (Lipinski definition) is 3. The van der Waals surface area contributed by atoms with Gasteiger partial charge >= 0.3 is 0 Å². The van der Waals surface area contributed by atoms with Gasteiger partial charge in [-0.1, -0.05) is 6.08 Å². The lowest BCUT2D eigenvalue weighted by Crippen LogP contribution is -2.31. The SMILES string of the molecule is CN1CCC(n2cc(C3=CN/C(=C(\C=N)c4cc(N[S+](C)[O-])cc(-c5ncc(F)cc5F)c4)C=C3)cn2)CC1. The number of halogens is 2. The topological polar surface area (TPSA) is 105 Å². The molecular formula is C28H29F2N7OS. The van der Waals surface area contributed by atoms with Gasteiger partial charge < -0.3 is 20.2 Å². The first-order valence-electron chi connectivity index (χ1n) is 12.5. The summed E-state index contributed by atoms with van der Waals surface area (Å²) in [5.74, 6) is -1.59. The molecule has 2 aliphatic heterocycles. The molecule has 11 heteroatoms. The fourth-order valence-corrected chi connectivity index (χ4v) is 5.26. The summed E-state index contributed by atoms with van der Waals surface area (Å²) >= 11 is -1.39. The van der Waals surface area contributed by atoms with Crippen LogP contribution in [0, 0.1) is 17.0 Å². The maximum absolute atomic E-state index is 14.6. The van der Waals surface area contributed by atoms with Gasteiger partial charge in [-0.25, -0.2) is 13.5 Å². The van der Waals surface area contributed by atoms with Crippen molar-refractivity contribution >= 4 is 34.4 Å². The standard InChI is InChI=1S/C28H29F2N7OS/c1-36-7-5-24(6-8-36)37-17-21(15-34-37)18-3-4-27(32-14-18)25(13-31)19-9-20(11-23(10-19)35-39(2)38)28-26(30)12-22(29)16-33-28/h3-4,9-17,24,31-32,35H,5-8H2,1-2H3/b27-25+,31-13?. The molecule has 39 heavy (non-hydrogen) atoms. The molecule has 4 heterocycles. The van der Waals surface area contributed by atoms with Crippen LogP contribution in [-0.4, -0.2) is 56.8 Å². The molecule has 5 rings (SSSR count). The van der Waals surface area contributed by atoms with Crippen molar-refractivity contribution in [3.05, 3.63) is 89.7 Å². The molecule has 2 aromatic heterocycles. The molecular weight excluding hydrogens is 520 g/mol. The zero-order chi connectivity index (χ0) is 27.5. The molecule has 0 radical (unpaired) electrons. The van der Waals surface area contributed by atoms with Crippen LogP contribution >= 0.6 is 0 Å². The number of pyridine rings is 1. The maximum atomic E-state index is 14.6. The molecule has 3 aromatic rings. The number of likely N-dealkylation sites (tertiary alicyclic amines) is 1. The van der Waals surface area contributed by atoms with Crippen molar-refractivity contribution in [2.45, 2.75) is 18.9 Å². The molecule has 8 nitrogen and oxygen atoms in total. The minimum Gasteiger partial charge on any atom is -0.593 e. The molecule has 0 bridgehead atoms. The molecule has 1 fully saturated rings. The highest BCUT2D eigenvalue weighted by molar-refractivity contribution is 7.92. The molecule has 1 atom stereocenters. The fraction of sp³-hybridized carbons (Fsp3) is 0.250. The second-order valence-electron chi connectivity index (χ2n) is 9.63. The molecule has 0 amide bonds. The highest BCUT2D eigenvalue weighted by Crippen LogP contribution is 2.31. The van der Waals surface area contributed by atoms with Crippen LogP contribution in [0.4, 0.5) is 14.5 Å². The molecule has 0 aliphatic carbocycles. The number of dihydropyridines is 1. The van der Waals surface area contributed by atoms with E-state index >= 15 is 0 Å². The third-order valence-corrected chi connectivity index (χ3v) is 7.35. The van der Waals surface area contributed by atoms with Gasteiger partial charge in [0, 0.05) is 52.6 Å². The third-order valence-electron chi connectivity index (χ3n) is 6.83. The summed E-state index contributed by atoms with van der Waals surface area (Å²) in [6, 6.07) is 6.14. The number of aromatic nitrogens is 3. The molecule has 1 aromatic carbocycles. The van der Waals surface area contributed by atoms with Crippen molar-refractivity contribution in [1.29, 1.82) is 5.41 Å². The zero-order valence-electron chi connectivity index (χ0n) is 21.6. The minimum atomic E-state index is -1.39. The first-order valence-corrected chi connectivity index (χ1v) is 14.1. The highest BCUT2D eigenvalue weighted by Gasteiger charge is 2.20. The summed E-state index contributed by atoms with van der Waals surface area (Å²) in [7, 11) is 2.14. The molecule has 1 unspecified atom stereocenters. The largest absolute Gasteiger partial charge is 0.593 e. The predicted octanol–water partition coefficient (Wildman–Crippen LogP) is 4.76. The van der Waals surface area contributed by atoms with Crippen LogP contribution in [0.15, 0.2) is 66.9 Å². The molecule has 0 saturated carbocycles. The summed E-state index contributed by atoms with van der Waals surface area (Å²) in [6.07, 6.45) is 15.4. The van der Waals surface area contributed by atoms with Gasteiger partial charge in [-0.2, -0.15) is 5.10 Å². The van der Waals surface area contributed by atoms with Gasteiger partial charge in [0.15, 0.2) is 5.82 Å². The molecule has 0 spiro atoms. The number of nitrogens with one attached hydrogen (secondary N) is 3. The van der Waals surface area contributed by atoms with Crippen LogP contribution in [0.5, 0.6) is 0 Å². The van der Waals surface area contributed by atoms with Crippen molar-refractivity contribution in [2.24, 2.45) is 0 Å². The van der Waals surface area contributed by atoms with E-state index in [0.717, 1.165) is 49.3 Å². The normalized spacial score (nSPS) is 18.3. The van der Waals surface area contributed by atoms with E-state index in [1.54, 1.807) is 18.2 Å². The molecule has 3 N–H and O–H groups in total. The smallest absolute Gasteiger partial charge is 0.152 e. The number of nitrogens with zero attached hydrogens (tertiary/aromatic N) is 4. The Morgan fingerprint density at radius 1 is 1.15 bits per heavy atom. The lowest BCUT2D eigenvalue weighted by atomic mass is 9.97. The van der Waals surface area contributed by atoms with E-state index in [1.165, 1.54) is 12.5 Å². The summed E-state index contributed by atoms with van der Waals surface area (Å²) in [5, 5.41) is 16.0. The van der Waals surface area contributed by atoms with E-state index in [2.05, 4.69) is 38.3 Å². The molecule has 1 saturated heterocycles. The van der Waals surface area contributed by atoms with E-state index < -0.39 is 23.0 Å². The monoisotopic (exact) mass is 549 g/mol. The van der Waals surface area contributed by atoms with Crippen molar-refractivity contribution in [1.82, 2.24) is 25.0 Å². The number of piperidine rings is 1. The van der Waals surface area contributed by atoms with E-state index in [4.69, 9.17) is 5.41 Å². The van der Waals surface area contributed by atoms with E-state index in [1.807, 2.05) is 29.2 Å². The van der Waals surface area contributed by atoms with Crippen LogP contribution in [0.3, 0.4) is 0 Å². The van der Waals surface area contributed by atoms with E-state index in [0.29, 0.717) is 34.1 Å². The average Bonchev–Trinajstić information content (AvgIpc) is 3.40. The van der Waals surface area contributed by atoms with Gasteiger partial charge in [-0.15, -0.1) is 0 Å². The Morgan fingerprint density at radius 3 is 2.62 bits per heavy atom. The highest BCUT2D eigenvalue weighted by atomic mass is 32.2. The second-order valence-corrected chi connectivity index (χ2v) is 10.7.